The summed E-state index contributed by atoms with van der Waals surface area (Å²) in [5.74, 6) is -3.19. The Balaban J connectivity index is 0.000000223. The van der Waals surface area contributed by atoms with Crippen molar-refractivity contribution in [3.63, 3.8) is 0 Å². The molecular weight excluding hydrogens is 640 g/mol. The summed E-state index contributed by atoms with van der Waals surface area (Å²) in [6, 6.07) is 1.02. The predicted octanol–water partition coefficient (Wildman–Crippen LogP) is 1.08. The molecule has 1 saturated heterocycles. The Morgan fingerprint density at radius 3 is 2.37 bits per heavy atom. The number of Topliss-reactive ketones (excluding diaryl/α,β-unsaturated/α-hetero) is 1. The Morgan fingerprint density at radius 2 is 1.76 bits per heavy atom. The summed E-state index contributed by atoms with van der Waals surface area (Å²) in [6.07, 6.45) is 2.71. The van der Waals surface area contributed by atoms with E-state index in [1.54, 1.807) is 21.0 Å². The zero-order valence-corrected chi connectivity index (χ0v) is 28.4. The molecule has 7 N–H and O–H groups in total. The number of carbonyl (C=O) groups is 6. The largest absolute Gasteiger partial charge is 0.493 e. The molecule has 15 heteroatoms. The number of carboxylic acid groups (broad SMARTS) is 3. The maximum Gasteiger partial charge on any atom is 0.326 e. The molecule has 0 radical (unpaired) electrons. The van der Waals surface area contributed by atoms with Gasteiger partial charge in [-0.15, -0.1) is 0 Å². The number of amides is 2. The summed E-state index contributed by atoms with van der Waals surface area (Å²) in [4.78, 5) is 72.2. The highest BCUT2D eigenvalue weighted by atomic mass is 16.5. The van der Waals surface area contributed by atoms with Gasteiger partial charge < -0.3 is 46.1 Å². The molecule has 15 nitrogen and oxygen atoms in total. The summed E-state index contributed by atoms with van der Waals surface area (Å²) >= 11 is 0. The number of likely N-dealkylation sites (tertiary alicyclic amines) is 1. The molecule has 2 bridgehead atoms. The van der Waals surface area contributed by atoms with E-state index in [-0.39, 0.29) is 42.5 Å². The molecule has 1 aromatic rings. The number of hydrogen-bond donors (Lipinski definition) is 6. The summed E-state index contributed by atoms with van der Waals surface area (Å²) < 4.78 is 11.8. The van der Waals surface area contributed by atoms with E-state index in [1.807, 2.05) is 6.07 Å². The Labute approximate surface area is 284 Å². The maximum absolute atomic E-state index is 12.6. The Kier molecular flexibility index (Phi) is 11.9. The van der Waals surface area contributed by atoms with Crippen LogP contribution in [0, 0.1) is 11.8 Å². The number of ketones is 1. The monoisotopic (exact) mass is 688 g/mol. The van der Waals surface area contributed by atoms with Crippen LogP contribution in [0.2, 0.25) is 0 Å². The van der Waals surface area contributed by atoms with Crippen molar-refractivity contribution in [1.82, 2.24) is 15.5 Å². The molecule has 4 aliphatic rings. The fourth-order valence-electron chi connectivity index (χ4n) is 7.83. The van der Waals surface area contributed by atoms with Gasteiger partial charge in [-0.05, 0) is 69.2 Å². The molecule has 5 rings (SSSR count). The molecule has 1 aromatic carbocycles. The van der Waals surface area contributed by atoms with E-state index in [2.05, 4.69) is 28.6 Å². The molecule has 49 heavy (non-hydrogen) atoms. The topological polar surface area (TPSA) is 235 Å². The molecule has 2 aliphatic heterocycles. The number of methoxy groups -OCH3 is 1. The normalized spacial score (nSPS) is 25.6. The van der Waals surface area contributed by atoms with Gasteiger partial charge in [0.2, 0.25) is 11.8 Å². The van der Waals surface area contributed by atoms with Gasteiger partial charge in [0, 0.05) is 36.3 Å². The highest BCUT2D eigenvalue weighted by Gasteiger charge is 2.65. The molecule has 1 spiro atoms. The first-order chi connectivity index (χ1) is 23.2. The van der Waals surface area contributed by atoms with Gasteiger partial charge in [0.15, 0.2) is 23.4 Å². The molecule has 2 fully saturated rings. The second-order valence-electron chi connectivity index (χ2n) is 13.5. The third-order valence-corrected chi connectivity index (χ3v) is 10.7. The highest BCUT2D eigenvalue weighted by Crippen LogP contribution is 2.63. The number of carbonyl (C=O) groups excluding carboxylic acids is 3. The van der Waals surface area contributed by atoms with Crippen LogP contribution in [0.25, 0.3) is 0 Å². The van der Waals surface area contributed by atoms with Crippen LogP contribution in [0.3, 0.4) is 0 Å². The lowest BCUT2D eigenvalue weighted by Crippen LogP contribution is -2.65. The van der Waals surface area contributed by atoms with E-state index in [4.69, 9.17) is 25.4 Å². The van der Waals surface area contributed by atoms with E-state index in [0.717, 1.165) is 37.3 Å². The van der Waals surface area contributed by atoms with Gasteiger partial charge in [0.25, 0.3) is 0 Å². The average molecular weight is 689 g/mol. The molecular formula is C34H48N4O11. The lowest BCUT2D eigenvalue weighted by molar-refractivity contribution is -0.144. The van der Waals surface area contributed by atoms with Crippen LogP contribution in [0.4, 0.5) is 0 Å². The van der Waals surface area contributed by atoms with Gasteiger partial charge in [-0.25, -0.2) is 4.79 Å². The van der Waals surface area contributed by atoms with Crippen LogP contribution < -0.4 is 25.8 Å². The second kappa shape index (κ2) is 15.5. The van der Waals surface area contributed by atoms with Gasteiger partial charge >= 0.3 is 17.9 Å². The summed E-state index contributed by atoms with van der Waals surface area (Å²) in [5, 5.41) is 31.2. The van der Waals surface area contributed by atoms with E-state index in [0.29, 0.717) is 24.8 Å². The minimum atomic E-state index is -1.31. The minimum Gasteiger partial charge on any atom is -0.493 e. The third kappa shape index (κ3) is 7.67. The Hall–Kier alpha value is -4.24. The molecule has 0 aromatic heterocycles. The van der Waals surface area contributed by atoms with Crippen molar-refractivity contribution in [2.24, 2.45) is 17.6 Å². The number of hydrogen-bond acceptors (Lipinski definition) is 10. The number of benzene rings is 1. The Morgan fingerprint density at radius 1 is 1.08 bits per heavy atom. The number of ether oxygens (including phenoxy) is 2. The van der Waals surface area contributed by atoms with Crippen LogP contribution in [0.5, 0.6) is 11.5 Å². The predicted molar refractivity (Wildman–Crippen MR) is 174 cm³/mol. The van der Waals surface area contributed by atoms with Crippen molar-refractivity contribution in [3.05, 3.63) is 23.3 Å². The zero-order chi connectivity index (χ0) is 36.2. The van der Waals surface area contributed by atoms with Gasteiger partial charge in [-0.2, -0.15) is 0 Å². The van der Waals surface area contributed by atoms with E-state index in [9.17, 15) is 33.9 Å². The van der Waals surface area contributed by atoms with Crippen LogP contribution in [0.1, 0.15) is 76.3 Å². The lowest BCUT2D eigenvalue weighted by Gasteiger charge is -2.57. The SMILES string of the molecule is CC[C@H](C)[C@H](NC(=O)[C@H](CCC(=O)O)NC(=O)[C@@H](N)CCC(=O)O)C(=O)O.COc1ccc2c3c1O[C@H]1C(=O)CC[C@H]4[C@@H](C2)N(C)CC[C@]314. The molecule has 2 aliphatic carbocycles. The van der Waals surface area contributed by atoms with Crippen LogP contribution in [-0.4, -0.2) is 107 Å². The van der Waals surface area contributed by atoms with Crippen LogP contribution >= 0.6 is 0 Å². The number of piperidine rings is 1. The second-order valence-corrected chi connectivity index (χ2v) is 13.5. The number of carboxylic acids is 3. The minimum absolute atomic E-state index is 0.0933. The first-order valence-corrected chi connectivity index (χ1v) is 16.8. The highest BCUT2D eigenvalue weighted by molar-refractivity contribution is 5.92. The molecule has 1 saturated carbocycles. The van der Waals surface area contributed by atoms with Crippen molar-refractivity contribution < 1.29 is 53.6 Å². The van der Waals surface area contributed by atoms with Gasteiger partial charge in [-0.3, -0.25) is 24.0 Å². The number of aliphatic carboxylic acids is 3. The van der Waals surface area contributed by atoms with Crippen molar-refractivity contribution in [3.8, 4) is 11.5 Å². The Bertz CT molecular complexity index is 1470. The van der Waals surface area contributed by atoms with Crippen LogP contribution in [-0.2, 0) is 40.6 Å². The molecule has 0 unspecified atom stereocenters. The standard InChI is InChI=1S/C18H21NO3.C16H27N3O8/c1-19-8-7-18-11-4-5-13(20)17(18)22-16-14(21-2)6-3-10(15(16)18)9-12(11)19;1-3-8(2)13(16(26)27)19-15(25)10(5-7-12(22)23)18-14(24)9(17)4-6-11(20)21/h3,6,11-12,17H,4-5,7-9H2,1-2H3;8-10,13H,3-7,17H2,1-2H3,(H,18,24)(H,19,25)(H,20,21)(H,22,23)(H,26,27)/t11-,12+,17-,18-;8-,9-,10-,13-/m00/s1. The van der Waals surface area contributed by atoms with Gasteiger partial charge in [-0.1, -0.05) is 26.3 Å². The first-order valence-electron chi connectivity index (χ1n) is 16.8. The fraction of sp³-hybridized carbons (Fsp3) is 0.647. The quantitative estimate of drug-likeness (QED) is 0.161. The molecule has 2 heterocycles. The number of rotatable bonds is 14. The molecule has 270 valence electrons. The van der Waals surface area contributed by atoms with Crippen molar-refractivity contribution in [1.29, 1.82) is 0 Å². The zero-order valence-electron chi connectivity index (χ0n) is 28.4. The maximum atomic E-state index is 12.6. The van der Waals surface area contributed by atoms with E-state index in [1.165, 1.54) is 11.1 Å². The van der Waals surface area contributed by atoms with Crippen molar-refractivity contribution in [2.45, 2.75) is 107 Å². The first kappa shape index (κ1) is 37.6. The molecule has 8 atom stereocenters. The number of nitrogens with zero attached hydrogens (tertiary/aromatic N) is 1. The number of nitrogens with two attached hydrogens (primary N) is 1. The summed E-state index contributed by atoms with van der Waals surface area (Å²) in [6.45, 7) is 4.42. The molecule has 2 amide bonds. The van der Waals surface area contributed by atoms with Gasteiger partial charge in [0.1, 0.15) is 12.1 Å². The number of likely N-dealkylation sites (N-methyl/N-ethyl adjacent to an activating group) is 1. The summed E-state index contributed by atoms with van der Waals surface area (Å²) in [7, 11) is 3.91. The van der Waals surface area contributed by atoms with E-state index < -0.39 is 54.3 Å². The van der Waals surface area contributed by atoms with Crippen molar-refractivity contribution >= 4 is 35.5 Å². The van der Waals surface area contributed by atoms with Crippen LogP contribution in [0.15, 0.2) is 12.1 Å². The van der Waals surface area contributed by atoms with Crippen molar-refractivity contribution in [2.75, 3.05) is 20.7 Å². The van der Waals surface area contributed by atoms with Gasteiger partial charge in [0.05, 0.1) is 13.2 Å². The smallest absolute Gasteiger partial charge is 0.326 e. The third-order valence-electron chi connectivity index (χ3n) is 10.7. The lowest BCUT2D eigenvalue weighted by atomic mass is 9.52. The average Bonchev–Trinajstić information content (AvgIpc) is 3.42. The number of nitrogens with one attached hydrogen (secondary N) is 2. The fourth-order valence-corrected chi connectivity index (χ4v) is 7.83. The van der Waals surface area contributed by atoms with E-state index >= 15 is 0 Å². The summed E-state index contributed by atoms with van der Waals surface area (Å²) in [5.41, 5.74) is 8.15.